The van der Waals surface area contributed by atoms with Crippen LogP contribution in [0.4, 0.5) is 5.82 Å². The summed E-state index contributed by atoms with van der Waals surface area (Å²) in [7, 11) is 0. The lowest BCUT2D eigenvalue weighted by molar-refractivity contribution is -0.124. The Morgan fingerprint density at radius 3 is 3.12 bits per heavy atom. The summed E-state index contributed by atoms with van der Waals surface area (Å²) >= 11 is 3.36. The van der Waals surface area contributed by atoms with E-state index >= 15 is 0 Å². The van der Waals surface area contributed by atoms with E-state index in [0.29, 0.717) is 12.4 Å². The molecule has 0 radical (unpaired) electrons. The van der Waals surface area contributed by atoms with Crippen LogP contribution in [0.15, 0.2) is 16.7 Å². The Morgan fingerprint density at radius 2 is 2.50 bits per heavy atom. The molecule has 5 heteroatoms. The van der Waals surface area contributed by atoms with Crippen LogP contribution in [0.5, 0.6) is 0 Å². The summed E-state index contributed by atoms with van der Waals surface area (Å²) in [4.78, 5) is 15.8. The van der Waals surface area contributed by atoms with Crippen LogP contribution in [0.2, 0.25) is 0 Å². The highest BCUT2D eigenvalue weighted by molar-refractivity contribution is 9.10. The average molecular weight is 285 g/mol. The maximum Gasteiger partial charge on any atom is 0.254 e. The number of hydrogen-bond acceptors (Lipinski definition) is 3. The number of aryl methyl sites for hydroxylation is 1. The van der Waals surface area contributed by atoms with Crippen molar-refractivity contribution in [2.24, 2.45) is 0 Å². The largest absolute Gasteiger partial charge is 0.368 e. The minimum atomic E-state index is -0.314. The molecule has 0 saturated carbocycles. The van der Waals surface area contributed by atoms with E-state index in [1.807, 2.05) is 13.0 Å². The highest BCUT2D eigenvalue weighted by Crippen LogP contribution is 2.18. The van der Waals surface area contributed by atoms with Gasteiger partial charge in [-0.3, -0.25) is 4.79 Å². The van der Waals surface area contributed by atoms with E-state index in [-0.39, 0.29) is 12.0 Å². The van der Waals surface area contributed by atoms with Crippen molar-refractivity contribution in [3.8, 4) is 0 Å². The number of anilines is 1. The van der Waals surface area contributed by atoms with Gasteiger partial charge in [-0.15, -0.1) is 0 Å². The number of rotatable bonds is 2. The second kappa shape index (κ2) is 4.93. The van der Waals surface area contributed by atoms with Crippen LogP contribution in [0.3, 0.4) is 0 Å². The summed E-state index contributed by atoms with van der Waals surface area (Å²) in [6.45, 7) is 2.62. The Hall–Kier alpha value is -0.940. The fraction of sp³-hybridized carbons (Fsp3) is 0.455. The van der Waals surface area contributed by atoms with Crippen molar-refractivity contribution in [3.05, 3.63) is 22.3 Å². The molecule has 0 bridgehead atoms. The fourth-order valence-corrected chi connectivity index (χ4v) is 1.82. The van der Waals surface area contributed by atoms with Gasteiger partial charge in [0, 0.05) is 17.3 Å². The zero-order valence-electron chi connectivity index (χ0n) is 9.00. The number of carbonyl (C=O) groups excluding carboxylic acids is 1. The molecule has 0 unspecified atom stereocenters. The molecular formula is C11H13BrN2O2. The van der Waals surface area contributed by atoms with Crippen LogP contribution in [-0.2, 0) is 9.53 Å². The van der Waals surface area contributed by atoms with Crippen LogP contribution in [-0.4, -0.2) is 23.6 Å². The Morgan fingerprint density at radius 1 is 1.69 bits per heavy atom. The van der Waals surface area contributed by atoms with Gasteiger partial charge in [0.1, 0.15) is 11.9 Å². The second-order valence-corrected chi connectivity index (χ2v) is 4.66. The number of amides is 1. The molecular weight excluding hydrogens is 272 g/mol. The third-order valence-electron chi connectivity index (χ3n) is 2.52. The first-order valence-corrected chi connectivity index (χ1v) is 6.01. The van der Waals surface area contributed by atoms with Crippen molar-refractivity contribution in [2.75, 3.05) is 11.9 Å². The molecule has 2 rings (SSSR count). The average Bonchev–Trinajstić information content (AvgIpc) is 2.77. The number of carbonyl (C=O) groups is 1. The van der Waals surface area contributed by atoms with Crippen LogP contribution in [0, 0.1) is 6.92 Å². The van der Waals surface area contributed by atoms with E-state index in [0.717, 1.165) is 22.9 Å². The van der Waals surface area contributed by atoms with E-state index in [9.17, 15) is 4.79 Å². The van der Waals surface area contributed by atoms with Gasteiger partial charge in [0.05, 0.1) is 0 Å². The van der Waals surface area contributed by atoms with Crippen molar-refractivity contribution < 1.29 is 9.53 Å². The summed E-state index contributed by atoms with van der Waals surface area (Å²) in [5.74, 6) is 0.466. The van der Waals surface area contributed by atoms with Gasteiger partial charge in [-0.25, -0.2) is 4.98 Å². The molecule has 1 atom stereocenters. The molecule has 1 aliphatic heterocycles. The third kappa shape index (κ3) is 2.59. The molecule has 86 valence electrons. The van der Waals surface area contributed by atoms with Gasteiger partial charge < -0.3 is 10.1 Å². The van der Waals surface area contributed by atoms with E-state index in [1.165, 1.54) is 0 Å². The fourth-order valence-electron chi connectivity index (χ4n) is 1.60. The Kier molecular flexibility index (Phi) is 3.56. The number of nitrogens with one attached hydrogen (secondary N) is 1. The summed E-state index contributed by atoms with van der Waals surface area (Å²) in [6, 6.07) is 1.83. The summed E-state index contributed by atoms with van der Waals surface area (Å²) in [6.07, 6.45) is 3.11. The Bertz CT molecular complexity index is 403. The first-order chi connectivity index (χ1) is 7.66. The predicted molar refractivity (Wildman–Crippen MR) is 64.3 cm³/mol. The minimum absolute atomic E-state index is 0.105. The first-order valence-electron chi connectivity index (χ1n) is 5.21. The molecule has 1 aromatic heterocycles. The van der Waals surface area contributed by atoms with E-state index in [4.69, 9.17) is 4.74 Å². The molecule has 2 heterocycles. The number of halogens is 1. The molecule has 1 fully saturated rings. The van der Waals surface area contributed by atoms with Crippen molar-refractivity contribution in [1.29, 1.82) is 0 Å². The van der Waals surface area contributed by atoms with E-state index in [2.05, 4.69) is 26.2 Å². The van der Waals surface area contributed by atoms with Gasteiger partial charge >= 0.3 is 0 Å². The normalized spacial score (nSPS) is 19.8. The van der Waals surface area contributed by atoms with Gasteiger partial charge in [0.15, 0.2) is 0 Å². The number of aromatic nitrogens is 1. The summed E-state index contributed by atoms with van der Waals surface area (Å²) in [5, 5.41) is 2.76. The van der Waals surface area contributed by atoms with Gasteiger partial charge in [0.25, 0.3) is 5.91 Å². The van der Waals surface area contributed by atoms with Gasteiger partial charge in [-0.2, -0.15) is 0 Å². The molecule has 0 aromatic carbocycles. The van der Waals surface area contributed by atoms with Crippen LogP contribution in [0.25, 0.3) is 0 Å². The topological polar surface area (TPSA) is 51.2 Å². The van der Waals surface area contributed by atoms with E-state index < -0.39 is 0 Å². The first kappa shape index (κ1) is 11.5. The zero-order valence-corrected chi connectivity index (χ0v) is 10.6. The maximum absolute atomic E-state index is 11.7. The van der Waals surface area contributed by atoms with Gasteiger partial charge in [-0.05, 0) is 47.3 Å². The second-order valence-electron chi connectivity index (χ2n) is 3.81. The molecule has 4 nitrogen and oxygen atoms in total. The molecule has 0 aliphatic carbocycles. The lowest BCUT2D eigenvalue weighted by atomic mass is 10.2. The number of ether oxygens (including phenoxy) is 1. The van der Waals surface area contributed by atoms with E-state index in [1.54, 1.807) is 6.20 Å². The lowest BCUT2D eigenvalue weighted by Gasteiger charge is -2.10. The smallest absolute Gasteiger partial charge is 0.254 e. The van der Waals surface area contributed by atoms with Crippen LogP contribution >= 0.6 is 15.9 Å². The van der Waals surface area contributed by atoms with Crippen molar-refractivity contribution in [1.82, 2.24) is 4.98 Å². The summed E-state index contributed by atoms with van der Waals surface area (Å²) in [5.41, 5.74) is 1.04. The molecule has 1 aliphatic rings. The van der Waals surface area contributed by atoms with Crippen LogP contribution < -0.4 is 5.32 Å². The van der Waals surface area contributed by atoms with Gasteiger partial charge in [0.2, 0.25) is 0 Å². The Balaban J connectivity index is 2.02. The molecule has 16 heavy (non-hydrogen) atoms. The quantitative estimate of drug-likeness (QED) is 0.907. The predicted octanol–water partition coefficient (Wildman–Crippen LogP) is 2.27. The Labute approximate surface area is 103 Å². The minimum Gasteiger partial charge on any atom is -0.368 e. The molecule has 1 saturated heterocycles. The lowest BCUT2D eigenvalue weighted by Crippen LogP contribution is -2.27. The highest BCUT2D eigenvalue weighted by Gasteiger charge is 2.23. The number of nitrogens with zero attached hydrogens (tertiary/aromatic N) is 1. The van der Waals surface area contributed by atoms with Crippen LogP contribution in [0.1, 0.15) is 18.4 Å². The molecule has 1 amide bonds. The standard InChI is InChI=1S/C11H13BrN2O2/c1-7-5-10(13-6-8(7)12)14-11(15)9-3-2-4-16-9/h5-6,9H,2-4H2,1H3,(H,13,14,15)/t9-/m0/s1. The highest BCUT2D eigenvalue weighted by atomic mass is 79.9. The number of hydrogen-bond donors (Lipinski definition) is 1. The maximum atomic E-state index is 11.7. The van der Waals surface area contributed by atoms with Crippen molar-refractivity contribution in [3.63, 3.8) is 0 Å². The third-order valence-corrected chi connectivity index (χ3v) is 3.35. The van der Waals surface area contributed by atoms with Crippen molar-refractivity contribution >= 4 is 27.7 Å². The summed E-state index contributed by atoms with van der Waals surface area (Å²) < 4.78 is 6.22. The van der Waals surface area contributed by atoms with Crippen molar-refractivity contribution in [2.45, 2.75) is 25.9 Å². The number of pyridine rings is 1. The SMILES string of the molecule is Cc1cc(NC(=O)[C@@H]2CCCO2)ncc1Br. The molecule has 1 aromatic rings. The van der Waals surface area contributed by atoms with Gasteiger partial charge in [-0.1, -0.05) is 0 Å². The monoisotopic (exact) mass is 284 g/mol. The molecule has 1 N–H and O–H groups in total. The zero-order chi connectivity index (χ0) is 11.5. The molecule has 0 spiro atoms.